The molecule has 1 fully saturated rings. The zero-order valence-corrected chi connectivity index (χ0v) is 15.5. The van der Waals surface area contributed by atoms with Gasteiger partial charge in [0.1, 0.15) is 5.82 Å². The lowest BCUT2D eigenvalue weighted by atomic mass is 10.1. The second-order valence-corrected chi connectivity index (χ2v) is 7.82. The Morgan fingerprint density at radius 2 is 2.00 bits per heavy atom. The fourth-order valence-electron chi connectivity index (χ4n) is 3.48. The number of aryl methyl sites for hydroxylation is 1. The lowest BCUT2D eigenvalue weighted by molar-refractivity contribution is -0.132. The second-order valence-electron chi connectivity index (χ2n) is 7.82. The molecule has 0 bridgehead atoms. The largest absolute Gasteiger partial charge is 0.346 e. The van der Waals surface area contributed by atoms with Crippen molar-refractivity contribution in [2.45, 2.75) is 45.7 Å². The summed E-state index contributed by atoms with van der Waals surface area (Å²) in [6, 6.07) is 7.68. The van der Waals surface area contributed by atoms with E-state index in [0.29, 0.717) is 6.54 Å². The highest BCUT2D eigenvalue weighted by Gasteiger charge is 2.39. The van der Waals surface area contributed by atoms with Crippen LogP contribution < -0.4 is 5.32 Å². The zero-order valence-electron chi connectivity index (χ0n) is 15.5. The highest BCUT2D eigenvalue weighted by atomic mass is 16.2. The van der Waals surface area contributed by atoms with Crippen LogP contribution in [0.2, 0.25) is 0 Å². The Balaban J connectivity index is 1.72. The minimum absolute atomic E-state index is 0.0445. The number of likely N-dealkylation sites (tertiary alicyclic amines) is 1. The van der Waals surface area contributed by atoms with E-state index >= 15 is 0 Å². The Bertz CT molecular complexity index is 818. The summed E-state index contributed by atoms with van der Waals surface area (Å²) in [4.78, 5) is 31.3. The van der Waals surface area contributed by atoms with Gasteiger partial charge in [0, 0.05) is 25.6 Å². The second kappa shape index (κ2) is 6.17. The van der Waals surface area contributed by atoms with Crippen LogP contribution in [0.5, 0.6) is 0 Å². The number of benzene rings is 1. The molecule has 2 amide bonds. The van der Waals surface area contributed by atoms with E-state index in [9.17, 15) is 9.59 Å². The minimum Gasteiger partial charge on any atom is -0.346 e. The van der Waals surface area contributed by atoms with Crippen LogP contribution >= 0.6 is 0 Å². The standard InChI is InChI=1S/C19H26N4O2/c1-12(17-21-14-8-6-7-9-15(14)22(17)5)20-18(25)13-10-16(24)23(11-13)19(2,3)4/h6-9,12-13H,10-11H2,1-5H3,(H,20,25). The molecule has 1 saturated heterocycles. The Kier molecular flexibility index (Phi) is 4.31. The summed E-state index contributed by atoms with van der Waals surface area (Å²) in [5.74, 6) is 0.470. The highest BCUT2D eigenvalue weighted by molar-refractivity contribution is 5.89. The van der Waals surface area contributed by atoms with Crippen LogP contribution in [-0.2, 0) is 16.6 Å². The van der Waals surface area contributed by atoms with Gasteiger partial charge in [0.15, 0.2) is 0 Å². The molecule has 0 saturated carbocycles. The molecule has 134 valence electrons. The van der Waals surface area contributed by atoms with Crippen molar-refractivity contribution < 1.29 is 9.59 Å². The van der Waals surface area contributed by atoms with Gasteiger partial charge in [-0.1, -0.05) is 12.1 Å². The zero-order chi connectivity index (χ0) is 18.4. The van der Waals surface area contributed by atoms with Gasteiger partial charge in [0.05, 0.1) is 23.0 Å². The van der Waals surface area contributed by atoms with Crippen LogP contribution in [0.3, 0.4) is 0 Å². The molecule has 1 aromatic carbocycles. The lowest BCUT2D eigenvalue weighted by Crippen LogP contribution is -2.43. The number of amides is 2. The van der Waals surface area contributed by atoms with Crippen LogP contribution in [-0.4, -0.2) is 38.3 Å². The topological polar surface area (TPSA) is 67.2 Å². The average Bonchev–Trinajstić information content (AvgIpc) is 3.08. The third-order valence-corrected chi connectivity index (χ3v) is 4.87. The fraction of sp³-hybridized carbons (Fsp3) is 0.526. The number of rotatable bonds is 3. The number of hydrogen-bond donors (Lipinski definition) is 1. The van der Waals surface area contributed by atoms with Gasteiger partial charge >= 0.3 is 0 Å². The summed E-state index contributed by atoms with van der Waals surface area (Å²) >= 11 is 0. The third kappa shape index (κ3) is 3.25. The summed E-state index contributed by atoms with van der Waals surface area (Å²) in [7, 11) is 1.95. The molecule has 1 aliphatic heterocycles. The van der Waals surface area contributed by atoms with Crippen LogP contribution in [0, 0.1) is 5.92 Å². The number of fused-ring (bicyclic) bond motifs is 1. The third-order valence-electron chi connectivity index (χ3n) is 4.87. The molecule has 0 aliphatic carbocycles. The molecule has 0 radical (unpaired) electrons. The van der Waals surface area contributed by atoms with Crippen LogP contribution in [0.1, 0.15) is 46.0 Å². The monoisotopic (exact) mass is 342 g/mol. The maximum atomic E-state index is 12.6. The van der Waals surface area contributed by atoms with Gasteiger partial charge in [-0.15, -0.1) is 0 Å². The molecule has 25 heavy (non-hydrogen) atoms. The number of carbonyl (C=O) groups excluding carboxylic acids is 2. The van der Waals surface area contributed by atoms with E-state index in [0.717, 1.165) is 16.9 Å². The SMILES string of the molecule is CC(NC(=O)C1CC(=O)N(C(C)(C)C)C1)c1nc2ccccc2n1C. The van der Waals surface area contributed by atoms with Crippen molar-refractivity contribution >= 4 is 22.8 Å². The average molecular weight is 342 g/mol. The smallest absolute Gasteiger partial charge is 0.226 e. The number of aromatic nitrogens is 2. The Morgan fingerprint density at radius 3 is 2.60 bits per heavy atom. The molecule has 2 heterocycles. The number of hydrogen-bond acceptors (Lipinski definition) is 3. The molecule has 1 N–H and O–H groups in total. The molecule has 0 spiro atoms. The number of imidazole rings is 1. The first-order valence-corrected chi connectivity index (χ1v) is 8.70. The molecule has 1 aromatic heterocycles. The molecule has 2 unspecified atom stereocenters. The molecular formula is C19H26N4O2. The van der Waals surface area contributed by atoms with Crippen molar-refractivity contribution in [3.63, 3.8) is 0 Å². The molecule has 2 atom stereocenters. The number of nitrogens with zero attached hydrogens (tertiary/aromatic N) is 3. The van der Waals surface area contributed by atoms with Gasteiger partial charge in [-0.2, -0.15) is 0 Å². The van der Waals surface area contributed by atoms with Gasteiger partial charge in [0.25, 0.3) is 0 Å². The summed E-state index contributed by atoms with van der Waals surface area (Å²) in [6.45, 7) is 8.38. The first kappa shape index (κ1) is 17.5. The maximum Gasteiger partial charge on any atom is 0.226 e. The summed E-state index contributed by atoms with van der Waals surface area (Å²) in [6.07, 6.45) is 0.276. The van der Waals surface area contributed by atoms with Crippen molar-refractivity contribution in [2.75, 3.05) is 6.54 Å². The van der Waals surface area contributed by atoms with Gasteiger partial charge < -0.3 is 14.8 Å². The van der Waals surface area contributed by atoms with Crippen LogP contribution in [0.4, 0.5) is 0 Å². The van der Waals surface area contributed by atoms with Gasteiger partial charge in [-0.25, -0.2) is 4.98 Å². The Labute approximate surface area is 148 Å². The van der Waals surface area contributed by atoms with Gasteiger partial charge in [-0.3, -0.25) is 9.59 Å². The van der Waals surface area contributed by atoms with E-state index in [1.807, 2.05) is 63.6 Å². The van der Waals surface area contributed by atoms with E-state index in [1.54, 1.807) is 4.90 Å². The molecule has 3 rings (SSSR count). The fourth-order valence-corrected chi connectivity index (χ4v) is 3.48. The normalized spacial score (nSPS) is 19.5. The number of para-hydroxylation sites is 2. The Morgan fingerprint density at radius 1 is 1.32 bits per heavy atom. The first-order chi connectivity index (χ1) is 11.7. The molecule has 2 aromatic rings. The first-order valence-electron chi connectivity index (χ1n) is 8.70. The summed E-state index contributed by atoms with van der Waals surface area (Å²) in [5.41, 5.74) is 1.69. The van der Waals surface area contributed by atoms with E-state index in [1.165, 1.54) is 0 Å². The van der Waals surface area contributed by atoms with E-state index in [4.69, 9.17) is 0 Å². The van der Waals surface area contributed by atoms with Crippen LogP contribution in [0.15, 0.2) is 24.3 Å². The minimum atomic E-state index is -0.302. The van der Waals surface area contributed by atoms with Gasteiger partial charge in [0.2, 0.25) is 11.8 Å². The Hall–Kier alpha value is -2.37. The van der Waals surface area contributed by atoms with Crippen molar-refractivity contribution in [3.05, 3.63) is 30.1 Å². The van der Waals surface area contributed by atoms with Crippen molar-refractivity contribution in [2.24, 2.45) is 13.0 Å². The summed E-state index contributed by atoms with van der Waals surface area (Å²) < 4.78 is 2.00. The van der Waals surface area contributed by atoms with Gasteiger partial charge in [-0.05, 0) is 39.8 Å². The predicted octanol–water partition coefficient (Wildman–Crippen LogP) is 2.40. The van der Waals surface area contributed by atoms with E-state index < -0.39 is 0 Å². The van der Waals surface area contributed by atoms with Crippen molar-refractivity contribution in [1.29, 1.82) is 0 Å². The van der Waals surface area contributed by atoms with Crippen molar-refractivity contribution in [3.8, 4) is 0 Å². The predicted molar refractivity (Wildman–Crippen MR) is 96.8 cm³/mol. The molecule has 6 nitrogen and oxygen atoms in total. The van der Waals surface area contributed by atoms with Crippen LogP contribution in [0.25, 0.3) is 11.0 Å². The highest BCUT2D eigenvalue weighted by Crippen LogP contribution is 2.27. The number of carbonyl (C=O) groups is 2. The maximum absolute atomic E-state index is 12.6. The molecule has 1 aliphatic rings. The summed E-state index contributed by atoms with van der Waals surface area (Å²) in [5, 5.41) is 3.03. The molecular weight excluding hydrogens is 316 g/mol. The quantitative estimate of drug-likeness (QED) is 0.931. The number of nitrogens with one attached hydrogen (secondary N) is 1. The molecule has 6 heteroatoms. The van der Waals surface area contributed by atoms with E-state index in [2.05, 4.69) is 10.3 Å². The van der Waals surface area contributed by atoms with Crippen molar-refractivity contribution in [1.82, 2.24) is 19.8 Å². The van der Waals surface area contributed by atoms with E-state index in [-0.39, 0.29) is 35.7 Å². The lowest BCUT2D eigenvalue weighted by Gasteiger charge is -2.32.